The zero-order valence-corrected chi connectivity index (χ0v) is 13.7. The molecule has 126 valence electrons. The molecule has 24 heavy (non-hydrogen) atoms. The molecule has 0 bridgehead atoms. The van der Waals surface area contributed by atoms with E-state index in [9.17, 15) is 9.18 Å². The number of pyridine rings is 1. The van der Waals surface area contributed by atoms with Crippen LogP contribution in [-0.2, 0) is 0 Å². The van der Waals surface area contributed by atoms with E-state index in [1.165, 1.54) is 12.1 Å². The Bertz CT molecular complexity index is 788. The highest BCUT2D eigenvalue weighted by Gasteiger charge is 2.30. The van der Waals surface area contributed by atoms with E-state index in [-0.39, 0.29) is 17.8 Å². The SMILES string of the molecule is NCC1CCCCN1C(=O)c1cc(C2CC2)nc2ccc(F)cc12. The number of aromatic nitrogens is 1. The minimum absolute atomic E-state index is 0.0370. The first kappa shape index (κ1) is 15.5. The van der Waals surface area contributed by atoms with Gasteiger partial charge in [0, 0.05) is 36.1 Å². The summed E-state index contributed by atoms with van der Waals surface area (Å²) in [6.45, 7) is 1.19. The lowest BCUT2D eigenvalue weighted by molar-refractivity contribution is 0.0625. The highest BCUT2D eigenvalue weighted by atomic mass is 19.1. The summed E-state index contributed by atoms with van der Waals surface area (Å²) in [5.41, 5.74) is 8.10. The number of rotatable bonds is 3. The minimum Gasteiger partial charge on any atom is -0.334 e. The third-order valence-corrected chi connectivity index (χ3v) is 5.18. The van der Waals surface area contributed by atoms with Gasteiger partial charge in [-0.1, -0.05) is 0 Å². The van der Waals surface area contributed by atoms with Gasteiger partial charge in [0.2, 0.25) is 0 Å². The van der Waals surface area contributed by atoms with Crippen LogP contribution in [0.25, 0.3) is 10.9 Å². The van der Waals surface area contributed by atoms with Crippen molar-refractivity contribution in [1.29, 1.82) is 0 Å². The summed E-state index contributed by atoms with van der Waals surface area (Å²) in [6, 6.07) is 6.46. The fraction of sp³-hybridized carbons (Fsp3) is 0.474. The van der Waals surface area contributed by atoms with Crippen LogP contribution in [0.3, 0.4) is 0 Å². The molecule has 4 nitrogen and oxygen atoms in total. The van der Waals surface area contributed by atoms with Crippen LogP contribution >= 0.6 is 0 Å². The second-order valence-corrected chi connectivity index (χ2v) is 6.91. The van der Waals surface area contributed by atoms with Crippen molar-refractivity contribution in [2.45, 2.75) is 44.1 Å². The van der Waals surface area contributed by atoms with Crippen molar-refractivity contribution in [1.82, 2.24) is 9.88 Å². The first-order chi connectivity index (χ1) is 11.7. The molecule has 2 N–H and O–H groups in total. The minimum atomic E-state index is -0.341. The average molecular weight is 327 g/mol. The third kappa shape index (κ3) is 2.77. The number of fused-ring (bicyclic) bond motifs is 1. The molecule has 0 radical (unpaired) electrons. The molecule has 1 saturated heterocycles. The van der Waals surface area contributed by atoms with Gasteiger partial charge in [-0.15, -0.1) is 0 Å². The predicted octanol–water partition coefficient (Wildman–Crippen LogP) is 3.20. The number of amides is 1. The molecule has 2 aliphatic rings. The average Bonchev–Trinajstić information content (AvgIpc) is 3.45. The fourth-order valence-corrected chi connectivity index (χ4v) is 3.65. The van der Waals surface area contributed by atoms with Crippen LogP contribution in [0.4, 0.5) is 4.39 Å². The molecule has 2 fully saturated rings. The molecule has 2 heterocycles. The van der Waals surface area contributed by atoms with Crippen molar-refractivity contribution < 1.29 is 9.18 Å². The lowest BCUT2D eigenvalue weighted by Gasteiger charge is -2.35. The zero-order chi connectivity index (χ0) is 16.7. The Hall–Kier alpha value is -2.01. The van der Waals surface area contributed by atoms with E-state index < -0.39 is 0 Å². The predicted molar refractivity (Wildman–Crippen MR) is 91.4 cm³/mol. The summed E-state index contributed by atoms with van der Waals surface area (Å²) < 4.78 is 13.8. The van der Waals surface area contributed by atoms with E-state index >= 15 is 0 Å². The molecule has 1 atom stereocenters. The molecule has 1 aromatic carbocycles. The summed E-state index contributed by atoms with van der Waals surface area (Å²) in [4.78, 5) is 19.7. The Labute approximate surface area is 140 Å². The maximum Gasteiger partial charge on any atom is 0.254 e. The van der Waals surface area contributed by atoms with Gasteiger partial charge in [-0.3, -0.25) is 9.78 Å². The van der Waals surface area contributed by atoms with Crippen LogP contribution in [0.2, 0.25) is 0 Å². The number of benzene rings is 1. The highest BCUT2D eigenvalue weighted by Crippen LogP contribution is 2.40. The second-order valence-electron chi connectivity index (χ2n) is 6.91. The monoisotopic (exact) mass is 327 g/mol. The molecule has 1 amide bonds. The number of nitrogens with two attached hydrogens (primary N) is 1. The van der Waals surface area contributed by atoms with Crippen molar-refractivity contribution in [3.05, 3.63) is 41.3 Å². The normalized spacial score (nSPS) is 21.2. The standard InChI is InChI=1S/C19H22FN3O/c20-13-6-7-17-15(9-13)16(10-18(22-17)12-4-5-12)19(24)23-8-2-1-3-14(23)11-21/h6-7,9-10,12,14H,1-5,8,11,21H2. The van der Waals surface area contributed by atoms with E-state index in [0.29, 0.717) is 28.9 Å². The largest absolute Gasteiger partial charge is 0.334 e. The maximum atomic E-state index is 13.8. The van der Waals surface area contributed by atoms with Gasteiger partial charge in [0.15, 0.2) is 0 Å². The van der Waals surface area contributed by atoms with Gasteiger partial charge in [0.25, 0.3) is 5.91 Å². The van der Waals surface area contributed by atoms with Gasteiger partial charge >= 0.3 is 0 Å². The summed E-state index contributed by atoms with van der Waals surface area (Å²) in [7, 11) is 0. The lowest BCUT2D eigenvalue weighted by atomic mass is 9.99. The number of carbonyl (C=O) groups excluding carboxylic acids is 1. The fourth-order valence-electron chi connectivity index (χ4n) is 3.65. The Morgan fingerprint density at radius 1 is 1.25 bits per heavy atom. The Morgan fingerprint density at radius 2 is 2.08 bits per heavy atom. The summed E-state index contributed by atoms with van der Waals surface area (Å²) in [6.07, 6.45) is 5.26. The van der Waals surface area contributed by atoms with Gasteiger partial charge in [0.1, 0.15) is 5.82 Å². The number of halogens is 1. The summed E-state index contributed by atoms with van der Waals surface area (Å²) >= 11 is 0. The van der Waals surface area contributed by atoms with Gasteiger partial charge in [-0.2, -0.15) is 0 Å². The number of hydrogen-bond acceptors (Lipinski definition) is 3. The first-order valence-electron chi connectivity index (χ1n) is 8.78. The number of nitrogens with zero attached hydrogens (tertiary/aromatic N) is 2. The lowest BCUT2D eigenvalue weighted by Crippen LogP contribution is -2.47. The maximum absolute atomic E-state index is 13.8. The molecule has 1 aliphatic heterocycles. The number of hydrogen-bond donors (Lipinski definition) is 1. The van der Waals surface area contributed by atoms with Crippen LogP contribution in [-0.4, -0.2) is 34.9 Å². The number of carbonyl (C=O) groups is 1. The first-order valence-corrected chi connectivity index (χ1v) is 8.78. The van der Waals surface area contributed by atoms with Gasteiger partial charge in [0.05, 0.1) is 11.1 Å². The van der Waals surface area contributed by atoms with Crippen molar-refractivity contribution >= 4 is 16.8 Å². The molecule has 1 saturated carbocycles. The Morgan fingerprint density at radius 3 is 2.83 bits per heavy atom. The van der Waals surface area contributed by atoms with Crippen molar-refractivity contribution in [3.8, 4) is 0 Å². The topological polar surface area (TPSA) is 59.2 Å². The molecule has 4 rings (SSSR count). The smallest absolute Gasteiger partial charge is 0.254 e. The van der Waals surface area contributed by atoms with Crippen LogP contribution in [0, 0.1) is 5.82 Å². The second kappa shape index (κ2) is 6.13. The Balaban J connectivity index is 1.81. The van der Waals surface area contributed by atoms with Crippen molar-refractivity contribution in [2.75, 3.05) is 13.1 Å². The van der Waals surface area contributed by atoms with Crippen LogP contribution in [0.1, 0.15) is 54.1 Å². The van der Waals surface area contributed by atoms with Crippen molar-refractivity contribution in [2.24, 2.45) is 5.73 Å². The van der Waals surface area contributed by atoms with Crippen LogP contribution in [0.15, 0.2) is 24.3 Å². The molecule has 1 aromatic heterocycles. The van der Waals surface area contributed by atoms with Crippen molar-refractivity contribution in [3.63, 3.8) is 0 Å². The van der Waals surface area contributed by atoms with E-state index in [4.69, 9.17) is 5.73 Å². The number of likely N-dealkylation sites (tertiary alicyclic amines) is 1. The van der Waals surface area contributed by atoms with Gasteiger partial charge in [-0.25, -0.2) is 4.39 Å². The molecular weight excluding hydrogens is 305 g/mol. The molecule has 1 unspecified atom stereocenters. The van der Waals surface area contributed by atoms with E-state index in [1.54, 1.807) is 6.07 Å². The molecule has 5 heteroatoms. The summed E-state index contributed by atoms with van der Waals surface area (Å²) in [5, 5.41) is 0.603. The Kier molecular flexibility index (Phi) is 3.96. The number of piperidine rings is 1. The quantitative estimate of drug-likeness (QED) is 0.942. The molecular formula is C19H22FN3O. The molecule has 1 aliphatic carbocycles. The molecule has 0 spiro atoms. The van der Waals surface area contributed by atoms with E-state index in [2.05, 4.69) is 4.98 Å². The van der Waals surface area contributed by atoms with Crippen LogP contribution < -0.4 is 5.73 Å². The summed E-state index contributed by atoms with van der Waals surface area (Å²) in [5.74, 6) is 0.0641. The molecule has 2 aromatic rings. The van der Waals surface area contributed by atoms with Gasteiger partial charge < -0.3 is 10.6 Å². The van der Waals surface area contributed by atoms with E-state index in [1.807, 2.05) is 11.0 Å². The third-order valence-electron chi connectivity index (χ3n) is 5.18. The van der Waals surface area contributed by atoms with Gasteiger partial charge in [-0.05, 0) is 56.4 Å². The zero-order valence-electron chi connectivity index (χ0n) is 13.7. The van der Waals surface area contributed by atoms with E-state index in [0.717, 1.165) is 44.3 Å². The highest BCUT2D eigenvalue weighted by molar-refractivity contribution is 6.06. The van der Waals surface area contributed by atoms with Crippen LogP contribution in [0.5, 0.6) is 0 Å².